The molecule has 4 fully saturated rings. The number of amides is 4. The predicted molar refractivity (Wildman–Crippen MR) is 397 cm³/mol. The Labute approximate surface area is 625 Å². The first-order chi connectivity index (χ1) is 51.3. The number of benzene rings is 2. The van der Waals surface area contributed by atoms with Crippen molar-refractivity contribution >= 4 is 62.1 Å². The first-order valence-electron chi connectivity index (χ1n) is 37.2. The standard InChI is InChI=1S/C76H112N10O19S/c1-55-60(58-16-17-65(82-67(58)71(91)92)84-20-18-57-11-10-12-59(61(57)46-84)69(89)83-72-81-63-14-6-7-15-64(63)106-72)45-80-86(55)54-75-49-73(3)48-74(4,50-75)52-76(51-73,53-75)105-22-21-85(56(2)68(78)88)70(90)62(77)13-8-9-19-79-66(87)47-104-44-43-103-42-41-102-40-39-101-38-37-100-36-35-99-34-33-98-32-31-97-30-29-96-28-27-95-26-25-94-24-23-93-5/h6-7,10-12,14-17,45,56,62H,8-9,13,18-44,46-54,77H2,1-5H3,(H2,78,88)(H,79,87)(H,91,92)(H,81,83,89)/t56-,62-,73?,74?,75?,76?/m0/s1. The van der Waals surface area contributed by atoms with E-state index in [1.807, 2.05) is 71.1 Å². The van der Waals surface area contributed by atoms with Gasteiger partial charge in [0.15, 0.2) is 10.8 Å². The van der Waals surface area contributed by atoms with Gasteiger partial charge in [-0.2, -0.15) is 5.10 Å². The first kappa shape index (κ1) is 83.3. The Hall–Kier alpha value is -6.72. The minimum absolute atomic E-state index is 0.0294. The van der Waals surface area contributed by atoms with Crippen LogP contribution in [0.3, 0.4) is 0 Å². The summed E-state index contributed by atoms with van der Waals surface area (Å²) in [5, 5.41) is 22.1. The van der Waals surface area contributed by atoms with E-state index in [4.69, 9.17) is 83.1 Å². The van der Waals surface area contributed by atoms with Crippen molar-refractivity contribution in [3.8, 4) is 11.1 Å². The van der Waals surface area contributed by atoms with Crippen molar-refractivity contribution in [2.75, 3.05) is 196 Å². The lowest BCUT2D eigenvalue weighted by molar-refractivity contribution is -0.249. The highest BCUT2D eigenvalue weighted by Crippen LogP contribution is 2.72. The maximum Gasteiger partial charge on any atom is 0.355 e. The van der Waals surface area contributed by atoms with E-state index in [1.54, 1.807) is 20.2 Å². The van der Waals surface area contributed by atoms with Crippen molar-refractivity contribution in [1.29, 1.82) is 0 Å². The number of rotatable bonds is 54. The summed E-state index contributed by atoms with van der Waals surface area (Å²) < 4.78 is 75.4. The quantitative estimate of drug-likeness (QED) is 0.0254. The summed E-state index contributed by atoms with van der Waals surface area (Å²) >= 11 is 1.42. The number of methoxy groups -OCH3 is 1. The van der Waals surface area contributed by atoms with Gasteiger partial charge in [-0.3, -0.25) is 29.2 Å². The molecular weight excluding hydrogens is 1390 g/mol. The van der Waals surface area contributed by atoms with Crippen LogP contribution in [0.2, 0.25) is 0 Å². The van der Waals surface area contributed by atoms with Gasteiger partial charge in [0.2, 0.25) is 17.7 Å². The number of pyridine rings is 1. The fourth-order valence-electron chi connectivity index (χ4n) is 16.0. The Morgan fingerprint density at radius 1 is 0.660 bits per heavy atom. The normalized spacial score (nSPS) is 20.1. The molecule has 2 unspecified atom stereocenters. The van der Waals surface area contributed by atoms with Crippen molar-refractivity contribution in [3.05, 3.63) is 88.9 Å². The second kappa shape index (κ2) is 42.3. The van der Waals surface area contributed by atoms with Crippen molar-refractivity contribution < 1.29 is 90.7 Å². The zero-order valence-electron chi connectivity index (χ0n) is 62.5. The molecule has 3 aromatic heterocycles. The van der Waals surface area contributed by atoms with Gasteiger partial charge < -0.3 is 93.3 Å². The fraction of sp³-hybridized carbons (Fsp3) is 0.658. The molecule has 2 aromatic carbocycles. The summed E-state index contributed by atoms with van der Waals surface area (Å²) in [5.74, 6) is -2.23. The number of aromatic carboxylic acids is 1. The molecule has 4 aliphatic carbocycles. The van der Waals surface area contributed by atoms with Crippen LogP contribution in [0.5, 0.6) is 0 Å². The minimum Gasteiger partial charge on any atom is -0.476 e. The molecule has 4 amide bonds. The number of thiazole rings is 1. The number of para-hydroxylation sites is 1. The third-order valence-corrected chi connectivity index (χ3v) is 20.8. The lowest BCUT2D eigenvalue weighted by Crippen LogP contribution is -2.64. The van der Waals surface area contributed by atoms with Gasteiger partial charge in [-0.15, -0.1) is 0 Å². The molecule has 4 saturated carbocycles. The zero-order chi connectivity index (χ0) is 75.2. The molecule has 7 N–H and O–H groups in total. The summed E-state index contributed by atoms with van der Waals surface area (Å²) in [7, 11) is 1.64. The number of nitrogens with one attached hydrogen (secondary N) is 2. The third kappa shape index (κ3) is 25.2. The number of hydrogen-bond acceptors (Lipinski definition) is 24. The molecule has 1 aliphatic heterocycles. The number of carbonyl (C=O) groups is 5. The van der Waals surface area contributed by atoms with Crippen LogP contribution in [0.1, 0.15) is 116 Å². The van der Waals surface area contributed by atoms with E-state index in [1.165, 1.54) is 16.2 Å². The first-order valence-corrected chi connectivity index (χ1v) is 38.0. The Balaban J connectivity index is 0.612. The number of carbonyl (C=O) groups excluding carboxylic acids is 4. The van der Waals surface area contributed by atoms with E-state index in [9.17, 15) is 29.1 Å². The molecule has 0 spiro atoms. The number of anilines is 2. The highest BCUT2D eigenvalue weighted by molar-refractivity contribution is 7.22. The van der Waals surface area contributed by atoms with Gasteiger partial charge in [0.25, 0.3) is 5.91 Å². The maximum atomic E-state index is 14.1. The summed E-state index contributed by atoms with van der Waals surface area (Å²) in [6.45, 7) is 20.4. The number of hydrogen-bond donors (Lipinski definition) is 5. The molecule has 4 atom stereocenters. The number of unbranched alkanes of at least 4 members (excludes halogenated alkanes) is 1. The van der Waals surface area contributed by atoms with E-state index in [0.717, 1.165) is 65.6 Å². The summed E-state index contributed by atoms with van der Waals surface area (Å²) in [4.78, 5) is 79.1. The number of carboxylic acids is 1. The lowest BCUT2D eigenvalue weighted by atomic mass is 9.39. The van der Waals surface area contributed by atoms with Crippen molar-refractivity contribution in [2.24, 2.45) is 27.7 Å². The molecule has 5 aliphatic rings. The second-order valence-electron chi connectivity index (χ2n) is 28.7. The van der Waals surface area contributed by atoms with Gasteiger partial charge in [-0.05, 0) is 136 Å². The SMILES string of the molecule is COCCOCCOCCOCCOCCOCCOCCOCCOCCOCCOCCOCC(=O)NCCCC[C@H](N)C(=O)N(CCOC12CC3(C)CC(C)(CC(Cn4ncc(-c5ccc(N6CCc7cccc(C(=O)Nc8nc9ccccc9s8)c7C6)nc5C(=O)O)c4C)(C3)C1)C2)[C@@H](C)C(N)=O. The number of primary amides is 1. The predicted octanol–water partition coefficient (Wildman–Crippen LogP) is 6.66. The van der Waals surface area contributed by atoms with E-state index in [2.05, 4.69) is 29.5 Å². The number of aromatic nitrogens is 4. The fourth-order valence-corrected chi connectivity index (χ4v) is 16.9. The average molecular weight is 1500 g/mol. The molecule has 106 heavy (non-hydrogen) atoms. The van der Waals surface area contributed by atoms with Crippen LogP contribution < -0.4 is 27.0 Å². The van der Waals surface area contributed by atoms with Crippen molar-refractivity contribution in [3.63, 3.8) is 0 Å². The molecule has 586 valence electrons. The molecule has 10 rings (SSSR count). The Kier molecular flexibility index (Phi) is 33.3. The van der Waals surface area contributed by atoms with Gasteiger partial charge in [-0.1, -0.05) is 49.4 Å². The van der Waals surface area contributed by atoms with Crippen LogP contribution in [0.25, 0.3) is 21.3 Å². The van der Waals surface area contributed by atoms with E-state index < -0.39 is 35.5 Å². The smallest absolute Gasteiger partial charge is 0.355 e. The topological polar surface area (TPSA) is 352 Å². The van der Waals surface area contributed by atoms with Crippen LogP contribution in [-0.4, -0.2) is 262 Å². The number of carboxylic acid groups (broad SMARTS) is 1. The van der Waals surface area contributed by atoms with E-state index in [-0.39, 0.29) is 60.1 Å². The molecule has 0 saturated heterocycles. The maximum absolute atomic E-state index is 14.1. The number of nitrogens with two attached hydrogens (primary N) is 2. The Morgan fingerprint density at radius 3 is 1.78 bits per heavy atom. The Bertz CT molecular complexity index is 3530. The van der Waals surface area contributed by atoms with Gasteiger partial charge in [-0.25, -0.2) is 14.8 Å². The number of fused-ring (bicyclic) bond motifs is 2. The average Bonchev–Trinajstić information content (AvgIpc) is 0.790. The van der Waals surface area contributed by atoms with Gasteiger partial charge in [0.05, 0.1) is 180 Å². The molecule has 30 heteroatoms. The number of nitrogens with zero attached hydrogens (tertiary/aromatic N) is 6. The van der Waals surface area contributed by atoms with Gasteiger partial charge >= 0.3 is 5.97 Å². The largest absolute Gasteiger partial charge is 0.476 e. The number of ether oxygens (including phenoxy) is 13. The summed E-state index contributed by atoms with van der Waals surface area (Å²) in [6, 6.07) is 15.3. The monoisotopic (exact) mass is 1500 g/mol. The highest BCUT2D eigenvalue weighted by atomic mass is 32.1. The molecule has 4 bridgehead atoms. The van der Waals surface area contributed by atoms with Crippen LogP contribution in [0.15, 0.2) is 60.8 Å². The van der Waals surface area contributed by atoms with E-state index in [0.29, 0.717) is 218 Å². The van der Waals surface area contributed by atoms with Crippen LogP contribution in [0.4, 0.5) is 10.9 Å². The molecule has 0 radical (unpaired) electrons. The van der Waals surface area contributed by atoms with Gasteiger partial charge in [0, 0.05) is 62.2 Å². The second-order valence-corrected chi connectivity index (χ2v) is 29.7. The molecule has 4 heterocycles. The summed E-state index contributed by atoms with van der Waals surface area (Å²) in [5.41, 5.74) is 16.8. The van der Waals surface area contributed by atoms with Crippen LogP contribution in [-0.2, 0) is 95.5 Å². The summed E-state index contributed by atoms with van der Waals surface area (Å²) in [6.07, 6.45) is 9.31. The van der Waals surface area contributed by atoms with Gasteiger partial charge in [0.1, 0.15) is 18.5 Å². The van der Waals surface area contributed by atoms with Crippen molar-refractivity contribution in [2.45, 2.75) is 123 Å². The lowest BCUT2D eigenvalue weighted by Gasteiger charge is -2.69. The minimum atomic E-state index is -1.16. The van der Waals surface area contributed by atoms with E-state index >= 15 is 0 Å². The molecule has 5 aromatic rings. The third-order valence-electron chi connectivity index (χ3n) is 19.8. The van der Waals surface area contributed by atoms with Crippen LogP contribution in [0, 0.1) is 23.2 Å². The van der Waals surface area contributed by atoms with Crippen LogP contribution >= 0.6 is 11.3 Å². The Morgan fingerprint density at radius 2 is 1.23 bits per heavy atom. The molecular formula is C76H112N10O19S. The van der Waals surface area contributed by atoms with Crippen molar-refractivity contribution in [1.82, 2.24) is 30.0 Å². The molecule has 29 nitrogen and oxygen atoms in total. The zero-order valence-corrected chi connectivity index (χ0v) is 63.4. The highest BCUT2D eigenvalue weighted by Gasteiger charge is 2.66.